The van der Waals surface area contributed by atoms with Crippen LogP contribution in [-0.4, -0.2) is 46.7 Å². The van der Waals surface area contributed by atoms with Gasteiger partial charge in [-0.3, -0.25) is 0 Å². The monoisotopic (exact) mass is 341 g/mol. The lowest BCUT2D eigenvalue weighted by Gasteiger charge is -2.13. The number of aromatic nitrogens is 3. The number of fused-ring (bicyclic) bond motifs is 1. The van der Waals surface area contributed by atoms with E-state index in [1.54, 1.807) is 12.1 Å². The minimum atomic E-state index is -0.242. The maximum atomic E-state index is 13.3. The molecule has 1 aromatic carbocycles. The average molecular weight is 341 g/mol. The summed E-state index contributed by atoms with van der Waals surface area (Å²) in [6, 6.07) is 8.53. The SMILES string of the molecule is CCc1nn2c(NCCN(C)C)cc(C)nc2c1-c1ccc(F)cc1. The molecular weight excluding hydrogens is 317 g/mol. The lowest BCUT2D eigenvalue weighted by atomic mass is 10.0. The number of likely N-dealkylation sites (N-methyl/N-ethyl adjacent to an activating group) is 1. The molecule has 132 valence electrons. The molecule has 5 nitrogen and oxygen atoms in total. The highest BCUT2D eigenvalue weighted by molar-refractivity contribution is 5.81. The molecule has 1 N–H and O–H groups in total. The zero-order chi connectivity index (χ0) is 18.0. The van der Waals surface area contributed by atoms with Crippen molar-refractivity contribution in [1.82, 2.24) is 19.5 Å². The molecule has 0 unspecified atom stereocenters. The van der Waals surface area contributed by atoms with Crippen LogP contribution in [0, 0.1) is 12.7 Å². The molecule has 3 rings (SSSR count). The van der Waals surface area contributed by atoms with Gasteiger partial charge in [0.15, 0.2) is 5.65 Å². The number of nitrogens with zero attached hydrogens (tertiary/aromatic N) is 4. The summed E-state index contributed by atoms with van der Waals surface area (Å²) in [5, 5.41) is 8.20. The summed E-state index contributed by atoms with van der Waals surface area (Å²) in [5.74, 6) is 0.681. The quantitative estimate of drug-likeness (QED) is 0.747. The third-order valence-electron chi connectivity index (χ3n) is 4.12. The van der Waals surface area contributed by atoms with Crippen LogP contribution in [0.15, 0.2) is 30.3 Å². The van der Waals surface area contributed by atoms with E-state index in [1.807, 2.05) is 31.6 Å². The smallest absolute Gasteiger partial charge is 0.165 e. The molecule has 3 aromatic rings. The van der Waals surface area contributed by atoms with Gasteiger partial charge in [0.05, 0.1) is 5.69 Å². The van der Waals surface area contributed by atoms with Gasteiger partial charge in [0.25, 0.3) is 0 Å². The summed E-state index contributed by atoms with van der Waals surface area (Å²) < 4.78 is 15.2. The molecular formula is C19H24FN5. The maximum Gasteiger partial charge on any atom is 0.165 e. The molecule has 2 aromatic heterocycles. The van der Waals surface area contributed by atoms with Gasteiger partial charge in [0.2, 0.25) is 0 Å². The number of hydrogen-bond donors (Lipinski definition) is 1. The van der Waals surface area contributed by atoms with Crippen LogP contribution in [-0.2, 0) is 6.42 Å². The molecule has 0 saturated heterocycles. The number of nitrogens with one attached hydrogen (secondary N) is 1. The first kappa shape index (κ1) is 17.4. The van der Waals surface area contributed by atoms with Crippen molar-refractivity contribution < 1.29 is 4.39 Å². The van der Waals surface area contributed by atoms with Gasteiger partial charge in [0, 0.05) is 30.4 Å². The summed E-state index contributed by atoms with van der Waals surface area (Å²) >= 11 is 0. The second-order valence-electron chi connectivity index (χ2n) is 6.43. The first-order valence-corrected chi connectivity index (χ1v) is 8.53. The Morgan fingerprint density at radius 3 is 2.56 bits per heavy atom. The van der Waals surface area contributed by atoms with Crippen LogP contribution in [0.5, 0.6) is 0 Å². The molecule has 6 heteroatoms. The first-order valence-electron chi connectivity index (χ1n) is 8.53. The Labute approximate surface area is 147 Å². The molecule has 0 aliphatic rings. The summed E-state index contributed by atoms with van der Waals surface area (Å²) in [6.45, 7) is 5.79. The molecule has 0 radical (unpaired) electrons. The van der Waals surface area contributed by atoms with Crippen molar-refractivity contribution in [3.8, 4) is 11.1 Å². The van der Waals surface area contributed by atoms with E-state index >= 15 is 0 Å². The lowest BCUT2D eigenvalue weighted by molar-refractivity contribution is 0.425. The molecule has 0 aliphatic carbocycles. The van der Waals surface area contributed by atoms with Crippen molar-refractivity contribution in [2.24, 2.45) is 0 Å². The second-order valence-corrected chi connectivity index (χ2v) is 6.43. The normalized spacial score (nSPS) is 11.4. The number of anilines is 1. The molecule has 0 bridgehead atoms. The van der Waals surface area contributed by atoms with Gasteiger partial charge in [-0.1, -0.05) is 19.1 Å². The zero-order valence-electron chi connectivity index (χ0n) is 15.2. The topological polar surface area (TPSA) is 45.5 Å². The fourth-order valence-electron chi connectivity index (χ4n) is 2.88. The fraction of sp³-hybridized carbons (Fsp3) is 0.368. The summed E-state index contributed by atoms with van der Waals surface area (Å²) in [5.41, 5.74) is 4.59. The van der Waals surface area contributed by atoms with Crippen molar-refractivity contribution >= 4 is 11.5 Å². The van der Waals surface area contributed by atoms with Crippen LogP contribution < -0.4 is 5.32 Å². The molecule has 0 amide bonds. The number of rotatable bonds is 6. The van der Waals surface area contributed by atoms with Gasteiger partial charge in [-0.2, -0.15) is 9.61 Å². The Bertz CT molecular complexity index is 868. The zero-order valence-corrected chi connectivity index (χ0v) is 15.2. The third-order valence-corrected chi connectivity index (χ3v) is 4.12. The van der Waals surface area contributed by atoms with Gasteiger partial charge in [-0.15, -0.1) is 0 Å². The van der Waals surface area contributed by atoms with Crippen LogP contribution in [0.4, 0.5) is 10.2 Å². The minimum absolute atomic E-state index is 0.242. The Hall–Kier alpha value is -2.47. The van der Waals surface area contributed by atoms with Crippen LogP contribution in [0.3, 0.4) is 0 Å². The number of hydrogen-bond acceptors (Lipinski definition) is 4. The predicted molar refractivity (Wildman–Crippen MR) is 99.5 cm³/mol. The summed E-state index contributed by atoms with van der Waals surface area (Å²) in [4.78, 5) is 6.83. The third kappa shape index (κ3) is 3.64. The Morgan fingerprint density at radius 1 is 1.20 bits per heavy atom. The van der Waals surface area contributed by atoms with Crippen LogP contribution in [0.1, 0.15) is 18.3 Å². The van der Waals surface area contributed by atoms with E-state index in [2.05, 4.69) is 17.1 Å². The van der Waals surface area contributed by atoms with Crippen LogP contribution in [0.2, 0.25) is 0 Å². The van der Waals surface area contributed by atoms with Gasteiger partial charge in [-0.05, 0) is 45.1 Å². The molecule has 0 spiro atoms. The van der Waals surface area contributed by atoms with E-state index in [4.69, 9.17) is 10.1 Å². The average Bonchev–Trinajstić information content (AvgIpc) is 2.93. The molecule has 0 atom stereocenters. The van der Waals surface area contributed by atoms with Crippen LogP contribution in [0.25, 0.3) is 16.8 Å². The largest absolute Gasteiger partial charge is 0.369 e. The van der Waals surface area contributed by atoms with Gasteiger partial charge < -0.3 is 10.2 Å². The van der Waals surface area contributed by atoms with E-state index in [0.29, 0.717) is 0 Å². The molecule has 25 heavy (non-hydrogen) atoms. The van der Waals surface area contributed by atoms with E-state index in [0.717, 1.165) is 53.5 Å². The fourth-order valence-corrected chi connectivity index (χ4v) is 2.88. The minimum Gasteiger partial charge on any atom is -0.369 e. The first-order chi connectivity index (χ1) is 12.0. The number of benzene rings is 1. The van der Waals surface area contributed by atoms with E-state index < -0.39 is 0 Å². The van der Waals surface area contributed by atoms with Gasteiger partial charge in [0.1, 0.15) is 11.6 Å². The van der Waals surface area contributed by atoms with Crippen LogP contribution >= 0.6 is 0 Å². The Balaban J connectivity index is 2.11. The van der Waals surface area contributed by atoms with Crippen molar-refractivity contribution in [2.75, 3.05) is 32.5 Å². The molecule has 2 heterocycles. The van der Waals surface area contributed by atoms with Crippen molar-refractivity contribution in [3.05, 3.63) is 47.5 Å². The highest BCUT2D eigenvalue weighted by Crippen LogP contribution is 2.30. The predicted octanol–water partition coefficient (Wildman–Crippen LogP) is 3.38. The highest BCUT2D eigenvalue weighted by atomic mass is 19.1. The number of halogens is 1. The number of aryl methyl sites for hydroxylation is 2. The second kappa shape index (κ2) is 7.19. The molecule has 0 saturated carbocycles. The van der Waals surface area contributed by atoms with Gasteiger partial charge in [-0.25, -0.2) is 9.37 Å². The van der Waals surface area contributed by atoms with Crippen molar-refractivity contribution in [2.45, 2.75) is 20.3 Å². The summed E-state index contributed by atoms with van der Waals surface area (Å²) in [7, 11) is 4.09. The molecule has 0 aliphatic heterocycles. The van der Waals surface area contributed by atoms with E-state index in [9.17, 15) is 4.39 Å². The summed E-state index contributed by atoms with van der Waals surface area (Å²) in [6.07, 6.45) is 0.784. The Morgan fingerprint density at radius 2 is 1.92 bits per heavy atom. The van der Waals surface area contributed by atoms with Crippen molar-refractivity contribution in [1.29, 1.82) is 0 Å². The van der Waals surface area contributed by atoms with E-state index in [-0.39, 0.29) is 5.82 Å². The van der Waals surface area contributed by atoms with Crippen molar-refractivity contribution in [3.63, 3.8) is 0 Å². The molecule has 0 fully saturated rings. The maximum absolute atomic E-state index is 13.3. The standard InChI is InChI=1S/C19H24FN5/c1-5-16-18(14-6-8-15(20)9-7-14)19-22-13(2)12-17(25(19)23-16)21-10-11-24(3)4/h6-9,12,21H,5,10-11H2,1-4H3. The van der Waals surface area contributed by atoms with E-state index in [1.165, 1.54) is 12.1 Å². The highest BCUT2D eigenvalue weighted by Gasteiger charge is 2.17. The van der Waals surface area contributed by atoms with Gasteiger partial charge >= 0.3 is 0 Å². The Kier molecular flexibility index (Phi) is 4.99. The lowest BCUT2D eigenvalue weighted by Crippen LogP contribution is -2.21.